The number of hydrogen-bond donors (Lipinski definition) is 1. The van der Waals surface area contributed by atoms with Gasteiger partial charge in [-0.1, -0.05) is 83.0 Å². The summed E-state index contributed by atoms with van der Waals surface area (Å²) in [6, 6.07) is 37.7. The lowest BCUT2D eigenvalue weighted by molar-refractivity contribution is 0.413. The molecule has 256 valence electrons. The summed E-state index contributed by atoms with van der Waals surface area (Å²) in [7, 11) is 3.29. The van der Waals surface area contributed by atoms with Gasteiger partial charge in [-0.2, -0.15) is 0 Å². The maximum atomic E-state index is 12.7. The normalized spacial score (nSPS) is 10.8. The molecule has 0 amide bonds. The Hall–Kier alpha value is -3.73. The van der Waals surface area contributed by atoms with Crippen LogP contribution in [0, 0.1) is 0 Å². The van der Waals surface area contributed by atoms with E-state index in [4.69, 9.17) is 44.3 Å². The fourth-order valence-electron chi connectivity index (χ4n) is 5.10. The summed E-state index contributed by atoms with van der Waals surface area (Å²) in [5.41, 5.74) is 0.0390. The molecule has 8 aromatic rings. The van der Waals surface area contributed by atoms with Crippen molar-refractivity contribution >= 4 is 122 Å². The summed E-state index contributed by atoms with van der Waals surface area (Å²) in [5, 5.41) is 4.32. The van der Waals surface area contributed by atoms with Gasteiger partial charge in [0.2, 0.25) is 0 Å². The highest BCUT2D eigenvalue weighted by Crippen LogP contribution is 2.40. The van der Waals surface area contributed by atoms with Crippen molar-refractivity contribution in [3.05, 3.63) is 157 Å². The molecule has 0 fully saturated rings. The molecule has 0 spiro atoms. The van der Waals surface area contributed by atoms with Gasteiger partial charge in [-0.15, -0.1) is 35.3 Å². The molecule has 6 aromatic carbocycles. The quantitative estimate of drug-likeness (QED) is 0.142. The molecule has 0 radical (unpaired) electrons. The van der Waals surface area contributed by atoms with E-state index in [1.807, 2.05) is 109 Å². The minimum Gasteiger partial charge on any atom is -0.497 e. The molecule has 0 aliphatic heterocycles. The number of hydrogen-bond acceptors (Lipinski definition) is 8. The molecule has 0 aliphatic rings. The third-order valence-corrected chi connectivity index (χ3v) is 12.9. The van der Waals surface area contributed by atoms with Crippen LogP contribution in [0.3, 0.4) is 0 Å². The molecule has 11 heteroatoms. The first kappa shape index (κ1) is 37.0. The van der Waals surface area contributed by atoms with E-state index in [0.29, 0.717) is 25.8 Å². The van der Waals surface area contributed by atoms with E-state index in [1.54, 1.807) is 49.5 Å². The van der Waals surface area contributed by atoms with Gasteiger partial charge in [-0.25, -0.2) is 0 Å². The number of rotatable bonds is 4. The van der Waals surface area contributed by atoms with Crippen LogP contribution < -0.4 is 20.3 Å². The van der Waals surface area contributed by atoms with Crippen molar-refractivity contribution in [2.75, 3.05) is 14.2 Å². The number of thiol groups is 1. The van der Waals surface area contributed by atoms with Crippen LogP contribution in [-0.4, -0.2) is 14.2 Å². The van der Waals surface area contributed by atoms with Crippen molar-refractivity contribution < 1.29 is 9.47 Å². The Bertz CT molecular complexity index is 2660. The summed E-state index contributed by atoms with van der Waals surface area (Å²) in [6.45, 7) is 0. The Morgan fingerprint density at radius 3 is 1.67 bits per heavy atom. The Morgan fingerprint density at radius 1 is 0.569 bits per heavy atom. The zero-order valence-corrected chi connectivity index (χ0v) is 32.6. The van der Waals surface area contributed by atoms with Crippen molar-refractivity contribution in [1.29, 1.82) is 0 Å². The largest absolute Gasteiger partial charge is 0.497 e. The second-order valence-corrected chi connectivity index (χ2v) is 15.7. The van der Waals surface area contributed by atoms with Crippen LogP contribution in [0.15, 0.2) is 146 Å². The minimum absolute atomic E-state index is 0.00733. The molecular formula is C40H27Cl3O4S4. The Balaban J connectivity index is 0.000000148. The highest BCUT2D eigenvalue weighted by Gasteiger charge is 2.13. The summed E-state index contributed by atoms with van der Waals surface area (Å²) in [5.74, 6) is 1.65. The molecule has 2 aromatic heterocycles. The standard InChI is InChI=1S/C20H13ClO2S2.C13H6Cl2OS.C7H8OS/c1-23-12-5-4-6-13(11-12)24-17-10-9-15-19(22)14-7-2-3-8-16(14)25-20(15)18(17)21;14-9-6-5-8-12(16)7-3-1-2-4-10(7)17-13(8)11(9)15;1-8-6-3-2-4-7(9)5-6/h2-11H,1H3;1-6H;2-5,9H,1H3. The van der Waals surface area contributed by atoms with Crippen LogP contribution in [0.25, 0.3) is 40.3 Å². The van der Waals surface area contributed by atoms with Gasteiger partial charge in [-0.05, 0) is 84.9 Å². The number of benzene rings is 6. The zero-order chi connectivity index (χ0) is 36.1. The second kappa shape index (κ2) is 16.7. The third kappa shape index (κ3) is 8.34. The van der Waals surface area contributed by atoms with Gasteiger partial charge in [0.1, 0.15) is 11.5 Å². The van der Waals surface area contributed by atoms with Crippen molar-refractivity contribution in [1.82, 2.24) is 0 Å². The smallest absolute Gasteiger partial charge is 0.195 e. The molecule has 51 heavy (non-hydrogen) atoms. The highest BCUT2D eigenvalue weighted by molar-refractivity contribution is 7.99. The zero-order valence-electron chi connectivity index (χ0n) is 27.0. The maximum absolute atomic E-state index is 12.7. The average molecular weight is 806 g/mol. The lowest BCUT2D eigenvalue weighted by Gasteiger charge is -2.09. The summed E-state index contributed by atoms with van der Waals surface area (Å²) < 4.78 is 13.7. The second-order valence-electron chi connectivity index (χ2n) is 10.8. The molecule has 8 rings (SSSR count). The van der Waals surface area contributed by atoms with Crippen molar-refractivity contribution in [3.8, 4) is 11.5 Å². The first-order valence-corrected chi connectivity index (χ1v) is 19.3. The maximum Gasteiger partial charge on any atom is 0.195 e. The first-order chi connectivity index (χ1) is 24.7. The van der Waals surface area contributed by atoms with Gasteiger partial charge in [0.05, 0.1) is 38.7 Å². The molecule has 0 unspecified atom stereocenters. The summed E-state index contributed by atoms with van der Waals surface area (Å²) >= 11 is 27.5. The SMILES string of the molecule is COc1cccc(S)c1.COc1cccc(Sc2ccc3c(=O)c4ccccc4sc3c2Cl)c1.O=c1c2ccccc2sc2c(Cl)c(Cl)ccc12. The summed E-state index contributed by atoms with van der Waals surface area (Å²) in [6.07, 6.45) is 0. The number of halogens is 3. The van der Waals surface area contributed by atoms with E-state index < -0.39 is 0 Å². The number of fused-ring (bicyclic) bond motifs is 4. The monoisotopic (exact) mass is 804 g/mol. The van der Waals surface area contributed by atoms with E-state index in [9.17, 15) is 9.59 Å². The predicted molar refractivity (Wildman–Crippen MR) is 224 cm³/mol. The van der Waals surface area contributed by atoms with Crippen LogP contribution in [-0.2, 0) is 0 Å². The molecule has 0 saturated heterocycles. The Morgan fingerprint density at radius 2 is 1.10 bits per heavy atom. The van der Waals surface area contributed by atoms with Crippen LogP contribution in [0.4, 0.5) is 0 Å². The van der Waals surface area contributed by atoms with Gasteiger partial charge in [0, 0.05) is 45.6 Å². The molecular weight excluding hydrogens is 779 g/mol. The van der Waals surface area contributed by atoms with E-state index in [1.165, 1.54) is 11.3 Å². The van der Waals surface area contributed by atoms with Crippen LogP contribution >= 0.6 is 81.9 Å². The highest BCUT2D eigenvalue weighted by atomic mass is 35.5. The average Bonchev–Trinajstić information content (AvgIpc) is 3.15. The predicted octanol–water partition coefficient (Wildman–Crippen LogP) is 12.9. The third-order valence-electron chi connectivity index (χ3n) is 7.61. The molecule has 2 heterocycles. The fraction of sp³-hybridized carbons (Fsp3) is 0.0500. The van der Waals surface area contributed by atoms with E-state index in [2.05, 4.69) is 12.6 Å². The summed E-state index contributed by atoms with van der Waals surface area (Å²) in [4.78, 5) is 27.9. The van der Waals surface area contributed by atoms with E-state index in [-0.39, 0.29) is 10.9 Å². The van der Waals surface area contributed by atoms with Gasteiger partial charge < -0.3 is 9.47 Å². The fourth-order valence-corrected chi connectivity index (χ4v) is 9.39. The molecule has 0 atom stereocenters. The van der Waals surface area contributed by atoms with E-state index in [0.717, 1.165) is 55.8 Å². The van der Waals surface area contributed by atoms with Crippen molar-refractivity contribution in [2.24, 2.45) is 0 Å². The molecule has 0 aliphatic carbocycles. The number of ether oxygens (including phenoxy) is 2. The van der Waals surface area contributed by atoms with Gasteiger partial charge >= 0.3 is 0 Å². The molecule has 0 N–H and O–H groups in total. The first-order valence-electron chi connectivity index (χ1n) is 15.3. The van der Waals surface area contributed by atoms with Crippen molar-refractivity contribution in [3.63, 3.8) is 0 Å². The molecule has 0 bridgehead atoms. The van der Waals surface area contributed by atoms with Crippen molar-refractivity contribution in [2.45, 2.75) is 14.7 Å². The van der Waals surface area contributed by atoms with Crippen LogP contribution in [0.1, 0.15) is 0 Å². The molecule has 4 nitrogen and oxygen atoms in total. The van der Waals surface area contributed by atoms with Gasteiger partial charge in [0.25, 0.3) is 0 Å². The number of methoxy groups -OCH3 is 2. The lowest BCUT2D eigenvalue weighted by Crippen LogP contribution is -2.01. The van der Waals surface area contributed by atoms with Crippen LogP contribution in [0.2, 0.25) is 15.1 Å². The van der Waals surface area contributed by atoms with Gasteiger partial charge in [-0.3, -0.25) is 9.59 Å². The molecule has 0 saturated carbocycles. The minimum atomic E-state index is 0.00733. The van der Waals surface area contributed by atoms with Gasteiger partial charge in [0.15, 0.2) is 10.9 Å². The van der Waals surface area contributed by atoms with E-state index >= 15 is 0 Å². The Labute approximate surface area is 326 Å². The Kier molecular flexibility index (Phi) is 12.2. The topological polar surface area (TPSA) is 52.6 Å². The van der Waals surface area contributed by atoms with Crippen LogP contribution in [0.5, 0.6) is 11.5 Å². The lowest BCUT2D eigenvalue weighted by atomic mass is 10.2.